The molecule has 0 bridgehead atoms. The molecule has 3 aromatic rings. The monoisotopic (exact) mass is 473 g/mol. The van der Waals surface area contributed by atoms with E-state index in [9.17, 15) is 9.59 Å². The van der Waals surface area contributed by atoms with Crippen LogP contribution in [0.4, 0.5) is 5.69 Å². The first kappa shape index (κ1) is 23.8. The first-order valence-electron chi connectivity index (χ1n) is 11.3. The molecule has 1 fully saturated rings. The second-order valence-corrected chi connectivity index (χ2v) is 8.14. The molecule has 0 unspecified atom stereocenters. The molecule has 0 atom stereocenters. The zero-order valence-electron chi connectivity index (χ0n) is 19.4. The van der Waals surface area contributed by atoms with Crippen molar-refractivity contribution in [1.29, 1.82) is 0 Å². The van der Waals surface area contributed by atoms with Crippen LogP contribution < -0.4 is 19.8 Å². The summed E-state index contributed by atoms with van der Waals surface area (Å²) >= 11 is 0. The lowest BCUT2D eigenvalue weighted by Crippen LogP contribution is -2.19. The molecule has 8 heteroatoms. The average Bonchev–Trinajstić information content (AvgIpc) is 3.43. The molecule has 1 amide bonds. The van der Waals surface area contributed by atoms with Crippen LogP contribution in [-0.2, 0) is 6.61 Å². The van der Waals surface area contributed by atoms with Crippen LogP contribution in [-0.4, -0.2) is 43.4 Å². The third-order valence-corrected chi connectivity index (χ3v) is 5.76. The van der Waals surface area contributed by atoms with Crippen LogP contribution in [0.3, 0.4) is 0 Å². The number of carboxylic acids is 1. The van der Waals surface area contributed by atoms with Crippen LogP contribution in [0.1, 0.15) is 44.7 Å². The van der Waals surface area contributed by atoms with Gasteiger partial charge < -0.3 is 19.5 Å². The van der Waals surface area contributed by atoms with E-state index in [0.717, 1.165) is 29.9 Å². The van der Waals surface area contributed by atoms with Gasteiger partial charge in [0.15, 0.2) is 11.5 Å². The highest BCUT2D eigenvalue weighted by Crippen LogP contribution is 2.28. The Labute approximate surface area is 203 Å². The minimum absolute atomic E-state index is 0.223. The summed E-state index contributed by atoms with van der Waals surface area (Å²) in [6.45, 7) is 2.38. The fraction of sp³-hybridized carbons (Fsp3) is 0.222. The molecule has 180 valence electrons. The summed E-state index contributed by atoms with van der Waals surface area (Å²) in [4.78, 5) is 25.7. The van der Waals surface area contributed by atoms with E-state index in [0.29, 0.717) is 17.1 Å². The van der Waals surface area contributed by atoms with Gasteiger partial charge in [0, 0.05) is 24.3 Å². The van der Waals surface area contributed by atoms with Gasteiger partial charge in [0.2, 0.25) is 0 Å². The van der Waals surface area contributed by atoms with Crippen LogP contribution >= 0.6 is 0 Å². The Morgan fingerprint density at radius 2 is 1.66 bits per heavy atom. The Morgan fingerprint density at radius 3 is 2.31 bits per heavy atom. The number of hydrogen-bond donors (Lipinski definition) is 2. The standard InChI is InChI=1S/C27H27N3O5/c1-34-25-16-20(6-13-24(25)35-18-19-4-7-22(8-5-19)27(32)33)17-28-29-26(31)21-9-11-23(12-10-21)30-14-2-3-15-30/h4-13,16-17H,2-3,14-15,18H2,1H3,(H,29,31)(H,32,33)/b28-17-. The van der Waals surface area contributed by atoms with Crippen LogP contribution in [0.15, 0.2) is 71.8 Å². The van der Waals surface area contributed by atoms with E-state index in [1.54, 1.807) is 37.4 Å². The fourth-order valence-electron chi connectivity index (χ4n) is 3.82. The van der Waals surface area contributed by atoms with Crippen molar-refractivity contribution in [3.05, 3.63) is 89.0 Å². The number of amides is 1. The molecular formula is C27H27N3O5. The highest BCUT2D eigenvalue weighted by molar-refractivity contribution is 5.95. The predicted octanol–water partition coefficient (Wildman–Crippen LogP) is 4.34. The molecule has 0 radical (unpaired) electrons. The lowest BCUT2D eigenvalue weighted by molar-refractivity contribution is 0.0696. The number of anilines is 1. The number of benzene rings is 3. The number of hydrogen-bond acceptors (Lipinski definition) is 6. The minimum atomic E-state index is -0.969. The van der Waals surface area contributed by atoms with Crippen molar-refractivity contribution in [1.82, 2.24) is 5.43 Å². The van der Waals surface area contributed by atoms with E-state index in [1.165, 1.54) is 31.2 Å². The summed E-state index contributed by atoms with van der Waals surface area (Å²) in [5.41, 5.74) is 6.01. The lowest BCUT2D eigenvalue weighted by atomic mass is 10.1. The van der Waals surface area contributed by atoms with E-state index in [2.05, 4.69) is 15.4 Å². The number of hydrazone groups is 1. The maximum atomic E-state index is 12.4. The molecule has 1 saturated heterocycles. The highest BCUT2D eigenvalue weighted by atomic mass is 16.5. The molecule has 0 saturated carbocycles. The van der Waals surface area contributed by atoms with Gasteiger partial charge in [-0.3, -0.25) is 4.79 Å². The predicted molar refractivity (Wildman–Crippen MR) is 134 cm³/mol. The Balaban J connectivity index is 1.32. The molecular weight excluding hydrogens is 446 g/mol. The zero-order valence-corrected chi connectivity index (χ0v) is 19.4. The lowest BCUT2D eigenvalue weighted by Gasteiger charge is -2.17. The Kier molecular flexibility index (Phi) is 7.62. The zero-order chi connectivity index (χ0) is 24.6. The number of aromatic carboxylic acids is 1. The van der Waals surface area contributed by atoms with Gasteiger partial charge in [-0.1, -0.05) is 12.1 Å². The third-order valence-electron chi connectivity index (χ3n) is 5.76. The molecule has 0 aromatic heterocycles. The SMILES string of the molecule is COc1cc(/C=N\NC(=O)c2ccc(N3CCCC3)cc2)ccc1OCc1ccc(C(=O)O)cc1. The average molecular weight is 474 g/mol. The quantitative estimate of drug-likeness (QED) is 0.354. The van der Waals surface area contributed by atoms with Gasteiger partial charge in [-0.25, -0.2) is 10.2 Å². The Bertz CT molecular complexity index is 1200. The van der Waals surface area contributed by atoms with Crippen molar-refractivity contribution >= 4 is 23.8 Å². The molecule has 1 aliphatic rings. The molecule has 2 N–H and O–H groups in total. The second kappa shape index (κ2) is 11.2. The van der Waals surface area contributed by atoms with Crippen LogP contribution in [0.5, 0.6) is 11.5 Å². The van der Waals surface area contributed by atoms with Crippen molar-refractivity contribution in [2.75, 3.05) is 25.1 Å². The van der Waals surface area contributed by atoms with E-state index in [-0.39, 0.29) is 18.1 Å². The number of carbonyl (C=O) groups excluding carboxylic acids is 1. The summed E-state index contributed by atoms with van der Waals surface area (Å²) in [5, 5.41) is 13.1. The van der Waals surface area contributed by atoms with Crippen LogP contribution in [0.2, 0.25) is 0 Å². The largest absolute Gasteiger partial charge is 0.493 e. The second-order valence-electron chi connectivity index (χ2n) is 8.14. The van der Waals surface area contributed by atoms with Crippen LogP contribution in [0.25, 0.3) is 0 Å². The highest BCUT2D eigenvalue weighted by Gasteiger charge is 2.13. The number of carbonyl (C=O) groups is 2. The maximum absolute atomic E-state index is 12.4. The fourth-order valence-corrected chi connectivity index (χ4v) is 3.82. The van der Waals surface area contributed by atoms with Crippen molar-refractivity contribution in [3.8, 4) is 11.5 Å². The van der Waals surface area contributed by atoms with Gasteiger partial charge in [0.1, 0.15) is 6.61 Å². The number of methoxy groups -OCH3 is 1. The molecule has 0 aliphatic carbocycles. The summed E-state index contributed by atoms with van der Waals surface area (Å²) in [5.74, 6) is -0.202. The van der Waals surface area contributed by atoms with E-state index in [1.807, 2.05) is 24.3 Å². The van der Waals surface area contributed by atoms with E-state index < -0.39 is 5.97 Å². The van der Waals surface area contributed by atoms with Crippen molar-refractivity contribution in [3.63, 3.8) is 0 Å². The summed E-state index contributed by atoms with van der Waals surface area (Å²) in [6, 6.07) is 19.3. The number of carboxylic acid groups (broad SMARTS) is 1. The molecule has 1 aliphatic heterocycles. The number of rotatable bonds is 9. The van der Waals surface area contributed by atoms with Gasteiger partial charge in [0.05, 0.1) is 18.9 Å². The number of ether oxygens (including phenoxy) is 2. The third kappa shape index (κ3) is 6.17. The number of nitrogens with one attached hydrogen (secondary N) is 1. The van der Waals surface area contributed by atoms with E-state index >= 15 is 0 Å². The normalized spacial score (nSPS) is 13.1. The van der Waals surface area contributed by atoms with Crippen molar-refractivity contribution in [2.45, 2.75) is 19.4 Å². The Morgan fingerprint density at radius 1 is 0.971 bits per heavy atom. The topological polar surface area (TPSA) is 100 Å². The summed E-state index contributed by atoms with van der Waals surface area (Å²) in [6.07, 6.45) is 3.95. The molecule has 4 rings (SSSR count). The van der Waals surface area contributed by atoms with Gasteiger partial charge in [0.25, 0.3) is 5.91 Å². The van der Waals surface area contributed by atoms with Crippen molar-refractivity contribution in [2.24, 2.45) is 5.10 Å². The van der Waals surface area contributed by atoms with Gasteiger partial charge in [-0.2, -0.15) is 5.10 Å². The van der Waals surface area contributed by atoms with Gasteiger partial charge in [-0.15, -0.1) is 0 Å². The molecule has 0 spiro atoms. The molecule has 3 aromatic carbocycles. The summed E-state index contributed by atoms with van der Waals surface area (Å²) < 4.78 is 11.2. The van der Waals surface area contributed by atoms with E-state index in [4.69, 9.17) is 14.6 Å². The Hall–Kier alpha value is -4.33. The first-order chi connectivity index (χ1) is 17.0. The molecule has 1 heterocycles. The van der Waals surface area contributed by atoms with Crippen LogP contribution in [0, 0.1) is 0 Å². The minimum Gasteiger partial charge on any atom is -0.493 e. The van der Waals surface area contributed by atoms with Gasteiger partial charge >= 0.3 is 5.97 Å². The summed E-state index contributed by atoms with van der Waals surface area (Å²) in [7, 11) is 1.54. The maximum Gasteiger partial charge on any atom is 0.335 e. The smallest absolute Gasteiger partial charge is 0.335 e. The molecule has 8 nitrogen and oxygen atoms in total. The van der Waals surface area contributed by atoms with Gasteiger partial charge in [-0.05, 0) is 78.6 Å². The van der Waals surface area contributed by atoms with Crippen molar-refractivity contribution < 1.29 is 24.2 Å². The number of nitrogens with zero attached hydrogens (tertiary/aromatic N) is 2. The first-order valence-corrected chi connectivity index (χ1v) is 11.3. The molecule has 35 heavy (non-hydrogen) atoms.